The van der Waals surface area contributed by atoms with Gasteiger partial charge in [0.15, 0.2) is 0 Å². The molecule has 2 fully saturated rings. The molecule has 96 valence electrons. The third-order valence-corrected chi connectivity index (χ3v) is 3.00. The third kappa shape index (κ3) is 2.17. The predicted octanol–water partition coefficient (Wildman–Crippen LogP) is -0.584. The molecule has 2 heterocycles. The average Bonchev–Trinajstić information content (AvgIpc) is 2.56. The van der Waals surface area contributed by atoms with Gasteiger partial charge >= 0.3 is 17.9 Å². The molecule has 0 spiro atoms. The second kappa shape index (κ2) is 4.10. The monoisotopic (exact) mass is 249 g/mol. The van der Waals surface area contributed by atoms with E-state index in [4.69, 9.17) is 5.11 Å². The number of carboxylic acid groups (broad SMARTS) is 1. The second-order valence-electron chi connectivity index (χ2n) is 4.22. The summed E-state index contributed by atoms with van der Waals surface area (Å²) in [6, 6.07) is -0.640. The van der Waals surface area contributed by atoms with Gasteiger partial charge < -0.3 is 20.2 Å². The molecule has 0 aromatic carbocycles. The van der Waals surface area contributed by atoms with Gasteiger partial charge in [0, 0.05) is 26.2 Å². The molecule has 6 nitrogen and oxygen atoms in total. The van der Waals surface area contributed by atoms with Crippen LogP contribution in [0.3, 0.4) is 0 Å². The van der Waals surface area contributed by atoms with Gasteiger partial charge in [-0.25, -0.2) is 9.59 Å². The molecule has 2 rings (SSSR count). The Labute approximate surface area is 96.2 Å². The molecule has 2 aliphatic heterocycles. The van der Waals surface area contributed by atoms with Crippen molar-refractivity contribution in [2.75, 3.05) is 32.7 Å². The Kier molecular flexibility index (Phi) is 2.90. The highest BCUT2D eigenvalue weighted by Crippen LogP contribution is 2.22. The number of alkyl halides is 2. The number of carbonyl (C=O) groups excluding carboxylic acids is 1. The van der Waals surface area contributed by atoms with Gasteiger partial charge in [-0.2, -0.15) is 8.78 Å². The Balaban J connectivity index is 2.04. The summed E-state index contributed by atoms with van der Waals surface area (Å²) in [6.45, 7) is 0.744. The molecule has 1 atom stereocenters. The number of rotatable bonds is 3. The first-order chi connectivity index (χ1) is 7.92. The summed E-state index contributed by atoms with van der Waals surface area (Å²) in [6.07, 6.45) is 0. The van der Waals surface area contributed by atoms with Crippen LogP contribution in [0.4, 0.5) is 13.6 Å². The topological polar surface area (TPSA) is 72.9 Å². The van der Waals surface area contributed by atoms with Crippen molar-refractivity contribution in [3.8, 4) is 0 Å². The first-order valence-corrected chi connectivity index (χ1v) is 5.29. The minimum absolute atomic E-state index is 0.138. The van der Waals surface area contributed by atoms with Gasteiger partial charge in [-0.1, -0.05) is 0 Å². The third-order valence-electron chi connectivity index (χ3n) is 3.00. The largest absolute Gasteiger partial charge is 0.477 e. The van der Waals surface area contributed by atoms with Gasteiger partial charge in [0.25, 0.3) is 0 Å². The minimum atomic E-state index is -3.89. The van der Waals surface area contributed by atoms with Gasteiger partial charge in [-0.3, -0.25) is 0 Å². The molecule has 0 aromatic rings. The van der Waals surface area contributed by atoms with Gasteiger partial charge in [0.05, 0.1) is 12.6 Å². The Morgan fingerprint density at radius 2 is 2.29 bits per heavy atom. The maximum Gasteiger partial charge on any atom is 0.376 e. The van der Waals surface area contributed by atoms with Crippen LogP contribution in [0, 0.1) is 0 Å². The zero-order valence-corrected chi connectivity index (χ0v) is 9.03. The molecule has 0 saturated carbocycles. The standard InChI is InChI=1S/C9H13F2N3O3/c10-9(11,7(15)16)5-13-4-6-3-12-1-2-14(6)8(13)17/h6,12H,1-5H2,(H,15,16)/t6-/m0/s1. The summed E-state index contributed by atoms with van der Waals surface area (Å²) in [7, 11) is 0. The van der Waals surface area contributed by atoms with E-state index < -0.39 is 24.5 Å². The fourth-order valence-electron chi connectivity index (χ4n) is 2.13. The van der Waals surface area contributed by atoms with Crippen LogP contribution in [0.5, 0.6) is 0 Å². The number of nitrogens with zero attached hydrogens (tertiary/aromatic N) is 2. The van der Waals surface area contributed by atoms with E-state index in [0.717, 1.165) is 4.90 Å². The van der Waals surface area contributed by atoms with E-state index in [0.29, 0.717) is 19.6 Å². The maximum atomic E-state index is 13.0. The van der Waals surface area contributed by atoms with Crippen molar-refractivity contribution in [3.05, 3.63) is 0 Å². The Morgan fingerprint density at radius 1 is 1.59 bits per heavy atom. The molecule has 0 aromatic heterocycles. The molecule has 0 bridgehead atoms. The summed E-state index contributed by atoms with van der Waals surface area (Å²) in [5.41, 5.74) is 0. The molecular formula is C9H13F2N3O3. The molecule has 8 heteroatoms. The Bertz CT molecular complexity index is 350. The summed E-state index contributed by atoms with van der Waals surface area (Å²) in [4.78, 5) is 24.5. The van der Waals surface area contributed by atoms with E-state index in [1.165, 1.54) is 4.90 Å². The summed E-state index contributed by atoms with van der Waals surface area (Å²) in [5.74, 6) is -6.09. The number of fused-ring (bicyclic) bond motifs is 1. The average molecular weight is 249 g/mol. The molecule has 2 N–H and O–H groups in total. The number of halogens is 2. The highest BCUT2D eigenvalue weighted by molar-refractivity contribution is 5.80. The van der Waals surface area contributed by atoms with Gasteiger partial charge in [-0.05, 0) is 0 Å². The number of hydrogen-bond acceptors (Lipinski definition) is 3. The Hall–Kier alpha value is -1.44. The lowest BCUT2D eigenvalue weighted by Crippen LogP contribution is -2.50. The zero-order valence-electron chi connectivity index (χ0n) is 9.03. The van der Waals surface area contributed by atoms with Crippen molar-refractivity contribution in [1.82, 2.24) is 15.1 Å². The number of nitrogens with one attached hydrogen (secondary N) is 1. The highest BCUT2D eigenvalue weighted by atomic mass is 19.3. The molecule has 0 unspecified atom stereocenters. The van der Waals surface area contributed by atoms with Gasteiger partial charge in [-0.15, -0.1) is 0 Å². The number of aliphatic carboxylic acids is 1. The van der Waals surface area contributed by atoms with E-state index in [2.05, 4.69) is 5.32 Å². The molecule has 2 aliphatic rings. The number of urea groups is 1. The van der Waals surface area contributed by atoms with E-state index in [1.54, 1.807) is 0 Å². The van der Waals surface area contributed by atoms with Crippen LogP contribution >= 0.6 is 0 Å². The fourth-order valence-corrected chi connectivity index (χ4v) is 2.13. The minimum Gasteiger partial charge on any atom is -0.477 e. The molecule has 2 amide bonds. The van der Waals surface area contributed by atoms with Crippen LogP contribution in [0.25, 0.3) is 0 Å². The molecule has 0 radical (unpaired) electrons. The highest BCUT2D eigenvalue weighted by Gasteiger charge is 2.47. The molecule has 17 heavy (non-hydrogen) atoms. The van der Waals surface area contributed by atoms with E-state index >= 15 is 0 Å². The van der Waals surface area contributed by atoms with E-state index in [1.807, 2.05) is 0 Å². The smallest absolute Gasteiger partial charge is 0.376 e. The normalized spacial score (nSPS) is 25.1. The summed E-state index contributed by atoms with van der Waals surface area (Å²) in [5, 5.41) is 11.4. The zero-order chi connectivity index (χ0) is 12.6. The number of piperazine rings is 1. The van der Waals surface area contributed by atoms with Crippen molar-refractivity contribution >= 4 is 12.0 Å². The second-order valence-corrected chi connectivity index (χ2v) is 4.22. The van der Waals surface area contributed by atoms with Gasteiger partial charge in [0.2, 0.25) is 0 Å². The number of carboxylic acids is 1. The first-order valence-electron chi connectivity index (χ1n) is 5.29. The van der Waals surface area contributed by atoms with Crippen LogP contribution < -0.4 is 5.32 Å². The Morgan fingerprint density at radius 3 is 2.88 bits per heavy atom. The van der Waals surface area contributed by atoms with Crippen LogP contribution in [0.15, 0.2) is 0 Å². The fraction of sp³-hybridized carbons (Fsp3) is 0.778. The molecule has 0 aliphatic carbocycles. The molecular weight excluding hydrogens is 236 g/mol. The summed E-state index contributed by atoms with van der Waals surface area (Å²) >= 11 is 0. The van der Waals surface area contributed by atoms with Crippen molar-refractivity contribution in [3.63, 3.8) is 0 Å². The molecule has 2 saturated heterocycles. The quantitative estimate of drug-likeness (QED) is 0.701. The van der Waals surface area contributed by atoms with Crippen molar-refractivity contribution in [2.45, 2.75) is 12.0 Å². The lowest BCUT2D eigenvalue weighted by Gasteiger charge is -2.28. The maximum absolute atomic E-state index is 13.0. The number of hydrogen-bond donors (Lipinski definition) is 2. The van der Waals surface area contributed by atoms with Crippen LogP contribution in [0.1, 0.15) is 0 Å². The van der Waals surface area contributed by atoms with Crippen molar-refractivity contribution < 1.29 is 23.5 Å². The summed E-state index contributed by atoms with van der Waals surface area (Å²) < 4.78 is 26.0. The SMILES string of the molecule is O=C1N(CC(F)(F)C(=O)O)C[C@@H]2CNCCN12. The van der Waals surface area contributed by atoms with Crippen LogP contribution in [-0.4, -0.2) is 71.6 Å². The first kappa shape index (κ1) is 12.0. The van der Waals surface area contributed by atoms with Crippen LogP contribution in [-0.2, 0) is 4.79 Å². The van der Waals surface area contributed by atoms with E-state index in [9.17, 15) is 18.4 Å². The number of carbonyl (C=O) groups is 2. The van der Waals surface area contributed by atoms with Crippen LogP contribution in [0.2, 0.25) is 0 Å². The number of amides is 2. The predicted molar refractivity (Wildman–Crippen MR) is 52.9 cm³/mol. The van der Waals surface area contributed by atoms with Crippen molar-refractivity contribution in [2.24, 2.45) is 0 Å². The van der Waals surface area contributed by atoms with Gasteiger partial charge in [0.1, 0.15) is 0 Å². The van der Waals surface area contributed by atoms with Crippen molar-refractivity contribution in [1.29, 1.82) is 0 Å². The lowest BCUT2D eigenvalue weighted by molar-refractivity contribution is -0.166. The van der Waals surface area contributed by atoms with E-state index in [-0.39, 0.29) is 12.6 Å². The lowest BCUT2D eigenvalue weighted by atomic mass is 10.2.